The second kappa shape index (κ2) is 9.33. The van der Waals surface area contributed by atoms with Gasteiger partial charge < -0.3 is 34.2 Å². The van der Waals surface area contributed by atoms with Crippen molar-refractivity contribution in [3.05, 3.63) is 42.4 Å². The molecule has 0 saturated carbocycles. The molecular formula is C17H19NO8. The van der Waals surface area contributed by atoms with Gasteiger partial charge in [0, 0.05) is 6.42 Å². The maximum absolute atomic E-state index is 9.10. The van der Waals surface area contributed by atoms with Crippen LogP contribution in [0.1, 0.15) is 18.3 Å². The van der Waals surface area contributed by atoms with Crippen molar-refractivity contribution in [1.82, 2.24) is 5.32 Å². The summed E-state index contributed by atoms with van der Waals surface area (Å²) in [5.41, 5.74) is 0. The van der Waals surface area contributed by atoms with Crippen LogP contribution >= 0.6 is 0 Å². The van der Waals surface area contributed by atoms with Crippen molar-refractivity contribution in [2.75, 3.05) is 20.4 Å². The van der Waals surface area contributed by atoms with E-state index in [0.717, 1.165) is 18.7 Å². The van der Waals surface area contributed by atoms with E-state index >= 15 is 0 Å². The number of para-hydroxylation sites is 1. The summed E-state index contributed by atoms with van der Waals surface area (Å²) in [5, 5.41) is 17.9. The predicted octanol–water partition coefficient (Wildman–Crippen LogP) is 1.89. The first kappa shape index (κ1) is 19.1. The molecule has 0 fully saturated rings. The molecule has 1 aliphatic rings. The Morgan fingerprint density at radius 2 is 1.96 bits per heavy atom. The number of aliphatic carboxylic acids is 2. The van der Waals surface area contributed by atoms with E-state index in [1.807, 2.05) is 37.4 Å². The van der Waals surface area contributed by atoms with Gasteiger partial charge in [0.1, 0.15) is 5.76 Å². The van der Waals surface area contributed by atoms with Crippen LogP contribution in [0.2, 0.25) is 0 Å². The van der Waals surface area contributed by atoms with E-state index in [4.69, 9.17) is 38.4 Å². The average Bonchev–Trinajstić information content (AvgIpc) is 3.30. The third-order valence-electron chi connectivity index (χ3n) is 3.33. The topological polar surface area (TPSA) is 127 Å². The Hall–Kier alpha value is -3.20. The van der Waals surface area contributed by atoms with Gasteiger partial charge in [-0.25, -0.2) is 9.59 Å². The van der Waals surface area contributed by atoms with Gasteiger partial charge in [0.25, 0.3) is 0 Å². The second-order valence-corrected chi connectivity index (χ2v) is 5.11. The normalized spacial score (nSPS) is 12.7. The Kier molecular flexibility index (Phi) is 6.86. The molecule has 1 aromatic carbocycles. The molecule has 0 aliphatic carbocycles. The summed E-state index contributed by atoms with van der Waals surface area (Å²) >= 11 is 0. The molecule has 3 N–H and O–H groups in total. The first-order chi connectivity index (χ1) is 12.5. The fourth-order valence-electron chi connectivity index (χ4n) is 2.16. The molecule has 0 spiro atoms. The largest absolute Gasteiger partial charge is 0.478 e. The summed E-state index contributed by atoms with van der Waals surface area (Å²) in [6.07, 6.45) is 2.29. The maximum atomic E-state index is 9.10. The van der Waals surface area contributed by atoms with E-state index in [9.17, 15) is 0 Å². The van der Waals surface area contributed by atoms with Gasteiger partial charge in [-0.1, -0.05) is 6.07 Å². The number of carbonyl (C=O) groups is 2. The summed E-state index contributed by atoms with van der Waals surface area (Å²) in [6.45, 7) is 1.06. The fourth-order valence-corrected chi connectivity index (χ4v) is 2.16. The molecule has 2 heterocycles. The maximum Gasteiger partial charge on any atom is 0.414 e. The van der Waals surface area contributed by atoms with Crippen molar-refractivity contribution in [2.45, 2.75) is 12.5 Å². The van der Waals surface area contributed by atoms with Gasteiger partial charge >= 0.3 is 11.9 Å². The van der Waals surface area contributed by atoms with Gasteiger partial charge in [0.2, 0.25) is 12.5 Å². The molecule has 26 heavy (non-hydrogen) atoms. The molecule has 1 aliphatic heterocycles. The van der Waals surface area contributed by atoms with Crippen LogP contribution in [0.4, 0.5) is 0 Å². The van der Waals surface area contributed by atoms with Crippen LogP contribution in [-0.4, -0.2) is 42.5 Å². The van der Waals surface area contributed by atoms with Gasteiger partial charge in [-0.2, -0.15) is 0 Å². The predicted molar refractivity (Wildman–Crippen MR) is 88.5 cm³/mol. The first-order valence-electron chi connectivity index (χ1n) is 7.72. The summed E-state index contributed by atoms with van der Waals surface area (Å²) in [6, 6.07) is 9.41. The molecule has 0 bridgehead atoms. The van der Waals surface area contributed by atoms with Crippen LogP contribution in [0.25, 0.3) is 0 Å². The van der Waals surface area contributed by atoms with Gasteiger partial charge in [0.05, 0.1) is 6.26 Å². The second-order valence-electron chi connectivity index (χ2n) is 5.11. The number of nitrogens with one attached hydrogen (secondary N) is 1. The van der Waals surface area contributed by atoms with Crippen LogP contribution in [0.5, 0.6) is 17.2 Å². The van der Waals surface area contributed by atoms with E-state index < -0.39 is 11.9 Å². The number of benzene rings is 1. The Balaban J connectivity index is 0.000000352. The lowest BCUT2D eigenvalue weighted by molar-refractivity contribution is -0.159. The molecule has 0 radical (unpaired) electrons. The molecule has 2 aromatic rings. The van der Waals surface area contributed by atoms with Crippen LogP contribution < -0.4 is 19.5 Å². The number of carboxylic acid groups (broad SMARTS) is 2. The number of ether oxygens (including phenoxy) is 3. The summed E-state index contributed by atoms with van der Waals surface area (Å²) in [7, 11) is 1.91. The van der Waals surface area contributed by atoms with Gasteiger partial charge in [-0.15, -0.1) is 0 Å². The number of hydrogen-bond acceptors (Lipinski definition) is 7. The lowest BCUT2D eigenvalue weighted by Gasteiger charge is -2.18. The lowest BCUT2D eigenvalue weighted by atomic mass is 10.2. The molecule has 140 valence electrons. The van der Waals surface area contributed by atoms with Gasteiger partial charge in [-0.05, 0) is 37.9 Å². The highest BCUT2D eigenvalue weighted by atomic mass is 16.7. The Morgan fingerprint density at radius 1 is 1.19 bits per heavy atom. The molecule has 1 atom stereocenters. The molecule has 0 amide bonds. The third kappa shape index (κ3) is 5.15. The van der Waals surface area contributed by atoms with Crippen molar-refractivity contribution in [3.8, 4) is 17.2 Å². The van der Waals surface area contributed by atoms with E-state index in [0.29, 0.717) is 17.2 Å². The zero-order chi connectivity index (χ0) is 18.9. The van der Waals surface area contributed by atoms with E-state index in [1.54, 1.807) is 6.26 Å². The summed E-state index contributed by atoms with van der Waals surface area (Å²) in [4.78, 5) is 18.2. The van der Waals surface area contributed by atoms with Crippen molar-refractivity contribution < 1.29 is 38.4 Å². The standard InChI is InChI=1S/C15H17NO4.C2H2O4/c1-16-8-7-12(11-6-3-9-17-11)20-14-5-2-4-13-15(14)19-10-18-13;3-1(4)2(5)6/h2-6,9,12,16H,7-8,10H2,1H3;(H,3,4)(H,5,6). The number of hydrogen-bond donors (Lipinski definition) is 3. The van der Waals surface area contributed by atoms with E-state index in [1.165, 1.54) is 0 Å². The number of furan rings is 1. The lowest BCUT2D eigenvalue weighted by Crippen LogP contribution is -2.16. The minimum Gasteiger partial charge on any atom is -0.478 e. The van der Waals surface area contributed by atoms with Gasteiger partial charge in [-0.3, -0.25) is 0 Å². The van der Waals surface area contributed by atoms with Crippen LogP contribution in [-0.2, 0) is 9.59 Å². The number of rotatable bonds is 6. The minimum absolute atomic E-state index is 0.159. The van der Waals surface area contributed by atoms with E-state index in [2.05, 4.69) is 5.32 Å². The van der Waals surface area contributed by atoms with Gasteiger partial charge in [0.15, 0.2) is 17.6 Å². The summed E-state index contributed by atoms with van der Waals surface area (Å²) < 4.78 is 22.3. The number of fused-ring (bicyclic) bond motifs is 1. The molecule has 9 nitrogen and oxygen atoms in total. The van der Waals surface area contributed by atoms with Crippen LogP contribution in [0.15, 0.2) is 41.0 Å². The summed E-state index contributed by atoms with van der Waals surface area (Å²) in [5.74, 6) is -0.790. The average molecular weight is 365 g/mol. The minimum atomic E-state index is -1.82. The third-order valence-corrected chi connectivity index (χ3v) is 3.33. The van der Waals surface area contributed by atoms with Crippen LogP contribution in [0, 0.1) is 0 Å². The van der Waals surface area contributed by atoms with Crippen molar-refractivity contribution in [3.63, 3.8) is 0 Å². The molecule has 3 rings (SSSR count). The molecule has 0 saturated heterocycles. The Morgan fingerprint density at radius 3 is 2.58 bits per heavy atom. The molecule has 1 aromatic heterocycles. The smallest absolute Gasteiger partial charge is 0.414 e. The number of carboxylic acids is 2. The monoisotopic (exact) mass is 365 g/mol. The molecule has 9 heteroatoms. The zero-order valence-corrected chi connectivity index (χ0v) is 14.0. The highest BCUT2D eigenvalue weighted by Gasteiger charge is 2.23. The Bertz CT molecular complexity index is 716. The quantitative estimate of drug-likeness (QED) is 0.657. The van der Waals surface area contributed by atoms with Crippen molar-refractivity contribution in [2.24, 2.45) is 0 Å². The molecule has 1 unspecified atom stereocenters. The fraction of sp³-hybridized carbons (Fsp3) is 0.294. The SMILES string of the molecule is CNCCC(Oc1cccc2c1OCO2)c1ccco1.O=C(O)C(=O)O. The highest BCUT2D eigenvalue weighted by Crippen LogP contribution is 2.42. The van der Waals surface area contributed by atoms with Crippen molar-refractivity contribution >= 4 is 11.9 Å². The zero-order valence-electron chi connectivity index (χ0n) is 14.0. The van der Waals surface area contributed by atoms with E-state index in [-0.39, 0.29) is 12.9 Å². The first-order valence-corrected chi connectivity index (χ1v) is 7.72. The molecular weight excluding hydrogens is 346 g/mol. The Labute approximate surface area is 149 Å². The van der Waals surface area contributed by atoms with Crippen LogP contribution in [0.3, 0.4) is 0 Å². The highest BCUT2D eigenvalue weighted by molar-refractivity contribution is 6.27. The van der Waals surface area contributed by atoms with Crippen molar-refractivity contribution in [1.29, 1.82) is 0 Å².